The Hall–Kier alpha value is -2.14. The minimum absolute atomic E-state index is 0.660. The highest BCUT2D eigenvalue weighted by Crippen LogP contribution is 2.13. The molecule has 5 heteroatoms. The molecule has 0 atom stereocenters. The molecule has 0 bridgehead atoms. The van der Waals surface area contributed by atoms with Crippen molar-refractivity contribution in [2.75, 3.05) is 17.7 Å². The Morgan fingerprint density at radius 1 is 1.00 bits per heavy atom. The maximum atomic E-state index is 11.2. The minimum Gasteiger partial charge on any atom is -0.331 e. The first-order valence-electron chi connectivity index (χ1n) is 6.66. The second-order valence-corrected chi connectivity index (χ2v) is 6.40. The molecule has 0 amide bonds. The molecule has 0 aliphatic carbocycles. The van der Waals surface area contributed by atoms with Crippen molar-refractivity contribution >= 4 is 22.0 Å². The van der Waals surface area contributed by atoms with E-state index in [4.69, 9.17) is 0 Å². The van der Waals surface area contributed by atoms with Crippen molar-refractivity contribution in [3.8, 4) is 0 Å². The normalized spacial score (nSPS) is 11.7. The molecular weight excluding hydrogens is 284 g/mol. The highest BCUT2D eigenvalue weighted by atomic mass is 32.2. The highest BCUT2D eigenvalue weighted by molar-refractivity contribution is 7.89. The first-order valence-corrected chi connectivity index (χ1v) is 8.50. The lowest BCUT2D eigenvalue weighted by Crippen LogP contribution is -2.24. The molecule has 0 N–H and O–H groups in total. The smallest absolute Gasteiger partial charge is 0.251 e. The van der Waals surface area contributed by atoms with Gasteiger partial charge in [0.1, 0.15) is 6.34 Å². The van der Waals surface area contributed by atoms with Crippen LogP contribution in [0.3, 0.4) is 0 Å². The molecule has 0 radical (unpaired) electrons. The largest absolute Gasteiger partial charge is 0.331 e. The van der Waals surface area contributed by atoms with Crippen LogP contribution in [0, 0.1) is 0 Å². The Morgan fingerprint density at radius 2 is 1.57 bits per heavy atom. The monoisotopic (exact) mass is 302 g/mol. The van der Waals surface area contributed by atoms with E-state index >= 15 is 0 Å². The van der Waals surface area contributed by atoms with E-state index in [1.807, 2.05) is 53.4 Å². The predicted molar refractivity (Wildman–Crippen MR) is 87.3 cm³/mol. The summed E-state index contributed by atoms with van der Waals surface area (Å²) in [5.74, 6) is 0. The second kappa shape index (κ2) is 7.04. The average Bonchev–Trinajstić information content (AvgIpc) is 2.48. The third kappa shape index (κ3) is 5.39. The molecule has 0 unspecified atom stereocenters. The van der Waals surface area contributed by atoms with Gasteiger partial charge in [-0.15, -0.1) is 0 Å². The molecule has 2 rings (SSSR count). The van der Waals surface area contributed by atoms with E-state index in [-0.39, 0.29) is 0 Å². The van der Waals surface area contributed by atoms with Crippen LogP contribution in [0.15, 0.2) is 65.1 Å². The summed E-state index contributed by atoms with van der Waals surface area (Å²) in [7, 11) is -3.38. The lowest BCUT2D eigenvalue weighted by Gasteiger charge is -2.19. The summed E-state index contributed by atoms with van der Waals surface area (Å²) in [6, 6.07) is 19.7. The van der Waals surface area contributed by atoms with Crippen molar-refractivity contribution in [2.45, 2.75) is 6.42 Å². The van der Waals surface area contributed by atoms with Gasteiger partial charge in [-0.3, -0.25) is 0 Å². The summed E-state index contributed by atoms with van der Waals surface area (Å²) in [5, 5.41) is 0. The maximum Gasteiger partial charge on any atom is 0.251 e. The van der Waals surface area contributed by atoms with Gasteiger partial charge in [0.2, 0.25) is 0 Å². The lowest BCUT2D eigenvalue weighted by atomic mass is 10.1. The lowest BCUT2D eigenvalue weighted by molar-refractivity contribution is 0.604. The van der Waals surface area contributed by atoms with Crippen molar-refractivity contribution in [3.63, 3.8) is 0 Å². The Balaban J connectivity index is 2.14. The first kappa shape index (κ1) is 15.3. The summed E-state index contributed by atoms with van der Waals surface area (Å²) in [4.78, 5) is 1.84. The summed E-state index contributed by atoms with van der Waals surface area (Å²) >= 11 is 0. The van der Waals surface area contributed by atoms with Gasteiger partial charge in [-0.05, 0) is 24.1 Å². The molecule has 0 spiro atoms. The maximum absolute atomic E-state index is 11.2. The van der Waals surface area contributed by atoms with Crippen LogP contribution in [-0.4, -0.2) is 27.6 Å². The van der Waals surface area contributed by atoms with E-state index < -0.39 is 10.0 Å². The van der Waals surface area contributed by atoms with Crippen LogP contribution in [0.1, 0.15) is 5.56 Å². The van der Waals surface area contributed by atoms with Crippen molar-refractivity contribution in [3.05, 3.63) is 66.2 Å². The summed E-state index contributed by atoms with van der Waals surface area (Å²) < 4.78 is 26.1. The molecular formula is C16H18N2O2S. The third-order valence-corrected chi connectivity index (χ3v) is 3.43. The van der Waals surface area contributed by atoms with E-state index in [1.54, 1.807) is 0 Å². The van der Waals surface area contributed by atoms with E-state index in [0.717, 1.165) is 18.4 Å². The van der Waals surface area contributed by atoms with Gasteiger partial charge in [0.15, 0.2) is 0 Å². The molecule has 0 aliphatic heterocycles. The van der Waals surface area contributed by atoms with Gasteiger partial charge < -0.3 is 4.90 Å². The van der Waals surface area contributed by atoms with Crippen LogP contribution < -0.4 is 4.90 Å². The SMILES string of the molecule is CS(=O)(=O)/N=C/N(CCc1ccccc1)c1ccccc1. The summed E-state index contributed by atoms with van der Waals surface area (Å²) in [6.45, 7) is 0.660. The Labute approximate surface area is 125 Å². The molecule has 0 saturated heterocycles. The number of benzene rings is 2. The fourth-order valence-electron chi connectivity index (χ4n) is 1.91. The predicted octanol–water partition coefficient (Wildman–Crippen LogP) is 2.72. The topological polar surface area (TPSA) is 49.7 Å². The standard InChI is InChI=1S/C16H18N2O2S/c1-21(19,20)17-14-18(16-10-6-3-7-11-16)13-12-15-8-4-2-5-9-15/h2-11,14H,12-13H2,1H3/b17-14+. The van der Waals surface area contributed by atoms with Gasteiger partial charge >= 0.3 is 0 Å². The van der Waals surface area contributed by atoms with Crippen molar-refractivity contribution in [1.82, 2.24) is 0 Å². The summed E-state index contributed by atoms with van der Waals surface area (Å²) in [6.07, 6.45) is 3.28. The third-order valence-electron chi connectivity index (χ3n) is 2.95. The van der Waals surface area contributed by atoms with Crippen LogP contribution in [0.2, 0.25) is 0 Å². The highest BCUT2D eigenvalue weighted by Gasteiger charge is 2.05. The molecule has 4 nitrogen and oxygen atoms in total. The molecule has 21 heavy (non-hydrogen) atoms. The van der Waals surface area contributed by atoms with Gasteiger partial charge in [-0.2, -0.15) is 4.40 Å². The summed E-state index contributed by atoms with van der Waals surface area (Å²) in [5.41, 5.74) is 2.12. The van der Waals surface area contributed by atoms with Crippen LogP contribution in [0.25, 0.3) is 0 Å². The number of para-hydroxylation sites is 1. The Bertz CT molecular complexity index is 683. The van der Waals surface area contributed by atoms with Crippen molar-refractivity contribution in [1.29, 1.82) is 0 Å². The zero-order chi connectivity index (χ0) is 15.1. The van der Waals surface area contributed by atoms with Gasteiger partial charge in [-0.1, -0.05) is 48.5 Å². The zero-order valence-corrected chi connectivity index (χ0v) is 12.7. The van der Waals surface area contributed by atoms with Crippen LogP contribution in [0.5, 0.6) is 0 Å². The number of rotatable bonds is 6. The van der Waals surface area contributed by atoms with Crippen molar-refractivity contribution in [2.24, 2.45) is 4.40 Å². The molecule has 0 aromatic heterocycles. The Morgan fingerprint density at radius 3 is 2.14 bits per heavy atom. The molecule has 110 valence electrons. The number of hydrogen-bond acceptors (Lipinski definition) is 2. The average molecular weight is 302 g/mol. The van der Waals surface area contributed by atoms with Gasteiger partial charge in [-0.25, -0.2) is 8.42 Å². The number of sulfonamides is 1. The quantitative estimate of drug-likeness (QED) is 0.609. The first-order chi connectivity index (χ1) is 10.0. The van der Waals surface area contributed by atoms with Crippen LogP contribution in [0.4, 0.5) is 5.69 Å². The number of nitrogens with zero attached hydrogens (tertiary/aromatic N) is 2. The van der Waals surface area contributed by atoms with Crippen LogP contribution >= 0.6 is 0 Å². The molecule has 2 aromatic rings. The zero-order valence-electron chi connectivity index (χ0n) is 11.9. The minimum atomic E-state index is -3.38. The second-order valence-electron chi connectivity index (χ2n) is 4.72. The fourth-order valence-corrected chi connectivity index (χ4v) is 2.19. The molecule has 0 saturated carbocycles. The Kier molecular flexibility index (Phi) is 5.11. The molecule has 0 fully saturated rings. The number of anilines is 1. The van der Waals surface area contributed by atoms with E-state index in [0.29, 0.717) is 6.54 Å². The molecule has 2 aromatic carbocycles. The van der Waals surface area contributed by atoms with Crippen LogP contribution in [-0.2, 0) is 16.4 Å². The van der Waals surface area contributed by atoms with Gasteiger partial charge in [0, 0.05) is 12.2 Å². The van der Waals surface area contributed by atoms with E-state index in [9.17, 15) is 8.42 Å². The van der Waals surface area contributed by atoms with Crippen molar-refractivity contribution < 1.29 is 8.42 Å². The van der Waals surface area contributed by atoms with Gasteiger partial charge in [0.25, 0.3) is 10.0 Å². The van der Waals surface area contributed by atoms with E-state index in [2.05, 4.69) is 16.5 Å². The molecule has 0 heterocycles. The van der Waals surface area contributed by atoms with E-state index in [1.165, 1.54) is 11.9 Å². The van der Waals surface area contributed by atoms with Gasteiger partial charge in [0.05, 0.1) is 6.26 Å². The fraction of sp³-hybridized carbons (Fsp3) is 0.188. The number of hydrogen-bond donors (Lipinski definition) is 0. The molecule has 0 aliphatic rings.